The summed E-state index contributed by atoms with van der Waals surface area (Å²) in [7, 11) is 0. The summed E-state index contributed by atoms with van der Waals surface area (Å²) in [6.07, 6.45) is 6.53. The van der Waals surface area contributed by atoms with Crippen LogP contribution in [-0.4, -0.2) is 29.6 Å². The fraction of sp³-hybridized carbons (Fsp3) is 0.615. The van der Waals surface area contributed by atoms with Crippen molar-refractivity contribution in [3.8, 4) is 0 Å². The molecule has 0 aliphatic carbocycles. The van der Waals surface area contributed by atoms with Gasteiger partial charge in [-0.25, -0.2) is 0 Å². The molecule has 4 heteroatoms. The summed E-state index contributed by atoms with van der Waals surface area (Å²) in [4.78, 5) is 14.0. The van der Waals surface area contributed by atoms with Gasteiger partial charge in [0.15, 0.2) is 0 Å². The van der Waals surface area contributed by atoms with Gasteiger partial charge in [-0.05, 0) is 25.0 Å². The summed E-state index contributed by atoms with van der Waals surface area (Å²) in [6, 6.07) is 3.83. The van der Waals surface area contributed by atoms with Crippen LogP contribution in [0.3, 0.4) is 0 Å². The third kappa shape index (κ3) is 4.11. The van der Waals surface area contributed by atoms with E-state index in [-0.39, 0.29) is 5.91 Å². The predicted molar refractivity (Wildman–Crippen MR) is 69.9 cm³/mol. The van der Waals surface area contributed by atoms with Crippen molar-refractivity contribution in [1.29, 1.82) is 0 Å². The summed E-state index contributed by atoms with van der Waals surface area (Å²) in [5, 5.41) is 0. The van der Waals surface area contributed by atoms with Crippen LogP contribution >= 0.6 is 11.8 Å². The van der Waals surface area contributed by atoms with Gasteiger partial charge in [0.05, 0.1) is 17.8 Å². The molecule has 0 radical (unpaired) electrons. The first-order valence-corrected chi connectivity index (χ1v) is 7.39. The van der Waals surface area contributed by atoms with Crippen LogP contribution in [0, 0.1) is 0 Å². The van der Waals surface area contributed by atoms with Crippen LogP contribution in [0.25, 0.3) is 0 Å². The van der Waals surface area contributed by atoms with Gasteiger partial charge in [-0.2, -0.15) is 0 Å². The van der Waals surface area contributed by atoms with Crippen LogP contribution in [0.4, 0.5) is 0 Å². The quantitative estimate of drug-likeness (QED) is 0.827. The fourth-order valence-corrected chi connectivity index (χ4v) is 2.87. The van der Waals surface area contributed by atoms with Crippen molar-refractivity contribution in [3.63, 3.8) is 0 Å². The topological polar surface area (TPSA) is 33.5 Å². The number of rotatable bonds is 4. The molecule has 1 amide bonds. The molecule has 0 aromatic carbocycles. The highest BCUT2D eigenvalue weighted by Crippen LogP contribution is 2.15. The lowest BCUT2D eigenvalue weighted by Gasteiger charge is -2.19. The zero-order chi connectivity index (χ0) is 11.9. The van der Waals surface area contributed by atoms with Crippen molar-refractivity contribution >= 4 is 17.7 Å². The van der Waals surface area contributed by atoms with E-state index in [4.69, 9.17) is 4.42 Å². The second-order valence-corrected chi connectivity index (χ2v) is 5.35. The second-order valence-electron chi connectivity index (χ2n) is 4.37. The van der Waals surface area contributed by atoms with Crippen LogP contribution < -0.4 is 0 Å². The molecule has 1 aliphatic heterocycles. The minimum Gasteiger partial charge on any atom is -0.468 e. The molecule has 94 valence electrons. The average Bonchev–Trinajstić information content (AvgIpc) is 2.69. The number of likely N-dealkylation sites (tertiary alicyclic amines) is 1. The Hall–Kier alpha value is -0.900. The molecule has 3 nitrogen and oxygen atoms in total. The number of carbonyl (C=O) groups is 1. The predicted octanol–water partition coefficient (Wildman–Crippen LogP) is 2.92. The van der Waals surface area contributed by atoms with Crippen molar-refractivity contribution < 1.29 is 9.21 Å². The molecule has 1 aromatic rings. The first-order valence-electron chi connectivity index (χ1n) is 6.24. The largest absolute Gasteiger partial charge is 0.468 e. The molecule has 1 aliphatic rings. The van der Waals surface area contributed by atoms with Gasteiger partial charge in [-0.3, -0.25) is 4.79 Å². The van der Waals surface area contributed by atoms with Gasteiger partial charge < -0.3 is 9.32 Å². The lowest BCUT2D eigenvalue weighted by atomic mass is 10.2. The van der Waals surface area contributed by atoms with Gasteiger partial charge >= 0.3 is 0 Å². The molecule has 0 N–H and O–H groups in total. The molecule has 0 unspecified atom stereocenters. The highest BCUT2D eigenvalue weighted by atomic mass is 32.2. The monoisotopic (exact) mass is 253 g/mol. The normalized spacial score (nSPS) is 16.8. The van der Waals surface area contributed by atoms with Gasteiger partial charge in [0.25, 0.3) is 0 Å². The Morgan fingerprint density at radius 3 is 2.71 bits per heavy atom. The summed E-state index contributed by atoms with van der Waals surface area (Å²) >= 11 is 1.63. The second kappa shape index (κ2) is 6.74. The van der Waals surface area contributed by atoms with Crippen LogP contribution in [0.1, 0.15) is 31.4 Å². The maximum Gasteiger partial charge on any atom is 0.232 e. The number of hydrogen-bond acceptors (Lipinski definition) is 3. The van der Waals surface area contributed by atoms with Crippen LogP contribution in [0.2, 0.25) is 0 Å². The molecule has 1 aromatic heterocycles. The van der Waals surface area contributed by atoms with E-state index in [1.165, 1.54) is 12.8 Å². The SMILES string of the molecule is O=C(CSCc1ccco1)N1CCCCCC1. The minimum atomic E-state index is 0.281. The average molecular weight is 253 g/mol. The maximum atomic E-state index is 12.0. The number of furan rings is 1. The molecule has 0 spiro atoms. The summed E-state index contributed by atoms with van der Waals surface area (Å²) in [5.74, 6) is 2.58. The van der Waals surface area contributed by atoms with Crippen molar-refractivity contribution in [2.24, 2.45) is 0 Å². The third-order valence-electron chi connectivity index (χ3n) is 3.01. The van der Waals surface area contributed by atoms with Gasteiger partial charge in [0, 0.05) is 13.1 Å². The Morgan fingerprint density at radius 1 is 1.29 bits per heavy atom. The van der Waals surface area contributed by atoms with E-state index in [1.807, 2.05) is 17.0 Å². The van der Waals surface area contributed by atoms with Crippen molar-refractivity contribution in [1.82, 2.24) is 4.90 Å². The Labute approximate surface area is 107 Å². The molecule has 1 fully saturated rings. The molecule has 2 heterocycles. The molecular formula is C13H19NO2S. The molecule has 0 saturated carbocycles. The van der Waals surface area contributed by atoms with Crippen LogP contribution in [-0.2, 0) is 10.5 Å². The van der Waals surface area contributed by atoms with Crippen molar-refractivity contribution in [3.05, 3.63) is 24.2 Å². The lowest BCUT2D eigenvalue weighted by molar-refractivity contribution is -0.128. The fourth-order valence-electron chi connectivity index (χ4n) is 2.05. The number of nitrogens with zero attached hydrogens (tertiary/aromatic N) is 1. The molecular weight excluding hydrogens is 234 g/mol. The van der Waals surface area contributed by atoms with Gasteiger partial charge in [0.1, 0.15) is 5.76 Å². The highest BCUT2D eigenvalue weighted by molar-refractivity contribution is 7.99. The Kier molecular flexibility index (Phi) is 4.98. The van der Waals surface area contributed by atoms with E-state index < -0.39 is 0 Å². The standard InChI is InChI=1S/C13H19NO2S/c15-13(14-7-3-1-2-4-8-14)11-17-10-12-6-5-9-16-12/h5-6,9H,1-4,7-8,10-11H2. The first kappa shape index (κ1) is 12.6. The number of amides is 1. The van der Waals surface area contributed by atoms with E-state index in [0.717, 1.165) is 37.4 Å². The zero-order valence-corrected chi connectivity index (χ0v) is 10.9. The molecule has 0 atom stereocenters. The molecule has 1 saturated heterocycles. The molecule has 2 rings (SSSR count). The highest BCUT2D eigenvalue weighted by Gasteiger charge is 2.15. The van der Waals surface area contributed by atoms with Gasteiger partial charge in [-0.1, -0.05) is 12.8 Å². The van der Waals surface area contributed by atoms with Crippen molar-refractivity contribution in [2.75, 3.05) is 18.8 Å². The number of carbonyl (C=O) groups excluding carboxylic acids is 1. The molecule has 0 bridgehead atoms. The van der Waals surface area contributed by atoms with Crippen LogP contribution in [0.15, 0.2) is 22.8 Å². The van der Waals surface area contributed by atoms with Crippen LogP contribution in [0.5, 0.6) is 0 Å². The van der Waals surface area contributed by atoms with E-state index in [1.54, 1.807) is 18.0 Å². The van der Waals surface area contributed by atoms with E-state index in [9.17, 15) is 4.79 Å². The Balaban J connectivity index is 1.69. The summed E-state index contributed by atoms with van der Waals surface area (Å²) < 4.78 is 5.24. The third-order valence-corrected chi connectivity index (χ3v) is 3.95. The van der Waals surface area contributed by atoms with E-state index in [2.05, 4.69) is 0 Å². The van der Waals surface area contributed by atoms with E-state index >= 15 is 0 Å². The van der Waals surface area contributed by atoms with Crippen molar-refractivity contribution in [2.45, 2.75) is 31.4 Å². The maximum absolute atomic E-state index is 12.0. The number of thioether (sulfide) groups is 1. The van der Waals surface area contributed by atoms with E-state index in [0.29, 0.717) is 5.75 Å². The minimum absolute atomic E-state index is 0.281. The number of hydrogen-bond donors (Lipinski definition) is 0. The molecule has 17 heavy (non-hydrogen) atoms. The zero-order valence-electron chi connectivity index (χ0n) is 10.1. The lowest BCUT2D eigenvalue weighted by Crippen LogP contribution is -2.33. The summed E-state index contributed by atoms with van der Waals surface area (Å²) in [6.45, 7) is 1.89. The van der Waals surface area contributed by atoms with Gasteiger partial charge in [0.2, 0.25) is 5.91 Å². The van der Waals surface area contributed by atoms with Gasteiger partial charge in [-0.15, -0.1) is 11.8 Å². The Morgan fingerprint density at radius 2 is 2.06 bits per heavy atom. The summed E-state index contributed by atoms with van der Waals surface area (Å²) in [5.41, 5.74) is 0. The Bertz CT molecular complexity index is 329. The first-order chi connectivity index (χ1) is 8.36. The smallest absolute Gasteiger partial charge is 0.232 e.